The minimum atomic E-state index is -4.30. The number of alkyl halides is 3. The number of ether oxygens (including phenoxy) is 1. The molecule has 0 spiro atoms. The SMILES string of the molecule is CC[C@@H]1C[C@@H](Oc2ncc(C3CCC(O)CC3)c3nc(N[C@@H](C)CC(F)(F)F)ncc23)C[C@H](C)N1C(C)=O. The molecule has 8 nitrogen and oxygen atoms in total. The molecule has 11 heteroatoms. The minimum absolute atomic E-state index is 0.0255. The van der Waals surface area contributed by atoms with Gasteiger partial charge in [0.15, 0.2) is 0 Å². The van der Waals surface area contributed by atoms with Crippen LogP contribution in [0.5, 0.6) is 5.88 Å². The standard InChI is InChI=1S/C27H38F3N5O3/c1-5-19-11-21(10-16(3)35(19)17(4)36)38-25-23-14-32-26(33-15(2)12-27(28,29)30)34-24(23)22(13-31-25)18-6-8-20(37)9-7-18/h13-16,18-21,37H,5-12H2,1-4H3,(H,32,33,34)/t15-,16-,18?,19+,20?,21-/m0/s1. The monoisotopic (exact) mass is 537 g/mol. The highest BCUT2D eigenvalue weighted by molar-refractivity contribution is 5.86. The zero-order valence-electron chi connectivity index (χ0n) is 22.5. The number of carbonyl (C=O) groups excluding carboxylic acids is 1. The van der Waals surface area contributed by atoms with E-state index in [1.165, 1.54) is 6.92 Å². The van der Waals surface area contributed by atoms with Gasteiger partial charge in [0.25, 0.3) is 0 Å². The molecule has 4 atom stereocenters. The summed E-state index contributed by atoms with van der Waals surface area (Å²) in [7, 11) is 0. The molecule has 1 aliphatic carbocycles. The highest BCUT2D eigenvalue weighted by Crippen LogP contribution is 2.39. The lowest BCUT2D eigenvalue weighted by molar-refractivity contribution is -0.138. The molecule has 0 bridgehead atoms. The number of likely N-dealkylation sites (tertiary alicyclic amines) is 1. The maximum Gasteiger partial charge on any atom is 0.391 e. The molecule has 1 amide bonds. The van der Waals surface area contributed by atoms with Gasteiger partial charge in [-0.2, -0.15) is 13.2 Å². The maximum atomic E-state index is 12.9. The summed E-state index contributed by atoms with van der Waals surface area (Å²) in [5.74, 6) is 0.693. The number of nitrogens with one attached hydrogen (secondary N) is 1. The van der Waals surface area contributed by atoms with Crippen molar-refractivity contribution in [1.29, 1.82) is 0 Å². The number of carbonyl (C=O) groups is 1. The van der Waals surface area contributed by atoms with Crippen LogP contribution in [0, 0.1) is 0 Å². The predicted molar refractivity (Wildman–Crippen MR) is 138 cm³/mol. The van der Waals surface area contributed by atoms with Crippen molar-refractivity contribution in [2.75, 3.05) is 5.32 Å². The van der Waals surface area contributed by atoms with Gasteiger partial charge in [-0.15, -0.1) is 0 Å². The average molecular weight is 538 g/mol. The summed E-state index contributed by atoms with van der Waals surface area (Å²) < 4.78 is 45.0. The second-order valence-electron chi connectivity index (χ2n) is 10.9. The molecule has 210 valence electrons. The zero-order chi connectivity index (χ0) is 27.6. The van der Waals surface area contributed by atoms with Gasteiger partial charge in [0, 0.05) is 55.8 Å². The number of aliphatic hydroxyl groups excluding tert-OH is 1. The van der Waals surface area contributed by atoms with Crippen molar-refractivity contribution in [2.24, 2.45) is 0 Å². The molecule has 2 aromatic heterocycles. The summed E-state index contributed by atoms with van der Waals surface area (Å²) in [5.41, 5.74) is 1.49. The van der Waals surface area contributed by atoms with Crippen molar-refractivity contribution >= 4 is 22.8 Å². The summed E-state index contributed by atoms with van der Waals surface area (Å²) in [6.07, 6.45) is 2.61. The van der Waals surface area contributed by atoms with Crippen LogP contribution in [0.1, 0.15) is 90.5 Å². The number of hydrogen-bond donors (Lipinski definition) is 2. The fourth-order valence-electron chi connectivity index (χ4n) is 6.04. The van der Waals surface area contributed by atoms with Gasteiger partial charge in [-0.25, -0.2) is 15.0 Å². The van der Waals surface area contributed by atoms with Crippen LogP contribution in [0.15, 0.2) is 12.4 Å². The quantitative estimate of drug-likeness (QED) is 0.491. The lowest BCUT2D eigenvalue weighted by Crippen LogP contribution is -2.52. The number of halogens is 3. The van der Waals surface area contributed by atoms with Crippen LogP contribution >= 0.6 is 0 Å². The van der Waals surface area contributed by atoms with Gasteiger partial charge in [-0.3, -0.25) is 4.79 Å². The van der Waals surface area contributed by atoms with Gasteiger partial charge in [0.05, 0.1) is 23.4 Å². The number of aromatic nitrogens is 3. The van der Waals surface area contributed by atoms with Crippen molar-refractivity contribution < 1.29 is 27.8 Å². The highest BCUT2D eigenvalue weighted by Gasteiger charge is 2.36. The second-order valence-corrected chi connectivity index (χ2v) is 10.9. The van der Waals surface area contributed by atoms with Gasteiger partial charge in [0.1, 0.15) is 6.10 Å². The first-order valence-corrected chi connectivity index (χ1v) is 13.6. The Labute approximate surface area is 221 Å². The van der Waals surface area contributed by atoms with Crippen molar-refractivity contribution in [3.05, 3.63) is 18.0 Å². The third kappa shape index (κ3) is 6.65. The Hall–Kier alpha value is -2.69. The maximum absolute atomic E-state index is 12.9. The third-order valence-electron chi connectivity index (χ3n) is 7.78. The van der Waals surface area contributed by atoms with Gasteiger partial charge < -0.3 is 20.1 Å². The molecule has 1 saturated carbocycles. The van der Waals surface area contributed by atoms with Gasteiger partial charge >= 0.3 is 6.18 Å². The van der Waals surface area contributed by atoms with Crippen LogP contribution in [0.25, 0.3) is 10.9 Å². The first-order valence-electron chi connectivity index (χ1n) is 13.6. The van der Waals surface area contributed by atoms with Crippen LogP contribution in [-0.4, -0.2) is 67.4 Å². The number of piperidine rings is 1. The van der Waals surface area contributed by atoms with E-state index >= 15 is 0 Å². The Morgan fingerprint density at radius 1 is 1.21 bits per heavy atom. The molecule has 2 fully saturated rings. The Kier molecular flexibility index (Phi) is 8.64. The number of hydrogen-bond acceptors (Lipinski definition) is 7. The Morgan fingerprint density at radius 2 is 1.92 bits per heavy atom. The van der Waals surface area contributed by atoms with Crippen molar-refractivity contribution in [3.8, 4) is 5.88 Å². The smallest absolute Gasteiger partial charge is 0.391 e. The molecule has 3 heterocycles. The largest absolute Gasteiger partial charge is 0.474 e. The fraction of sp³-hybridized carbons (Fsp3) is 0.704. The number of amides is 1. The molecule has 2 N–H and O–H groups in total. The van der Waals surface area contributed by atoms with Gasteiger partial charge in [0.2, 0.25) is 17.7 Å². The van der Waals surface area contributed by atoms with E-state index in [1.54, 1.807) is 19.3 Å². The average Bonchev–Trinajstić information content (AvgIpc) is 2.83. The first kappa shape index (κ1) is 28.3. The topological polar surface area (TPSA) is 100 Å². The van der Waals surface area contributed by atoms with E-state index in [0.717, 1.165) is 24.8 Å². The van der Waals surface area contributed by atoms with E-state index in [-0.39, 0.29) is 42.1 Å². The number of aliphatic hydroxyl groups is 1. The second kappa shape index (κ2) is 11.6. The number of rotatable bonds is 7. The number of anilines is 1. The summed E-state index contributed by atoms with van der Waals surface area (Å²) in [5, 5.41) is 13.4. The number of pyridine rings is 1. The molecule has 4 rings (SSSR count). The van der Waals surface area contributed by atoms with Crippen LogP contribution in [0.3, 0.4) is 0 Å². The summed E-state index contributed by atoms with van der Waals surface area (Å²) in [4.78, 5) is 27.7. The van der Waals surface area contributed by atoms with Crippen molar-refractivity contribution in [3.63, 3.8) is 0 Å². The normalized spacial score (nSPS) is 27.3. The summed E-state index contributed by atoms with van der Waals surface area (Å²) in [6, 6.07) is -0.794. The molecule has 1 aliphatic heterocycles. The Bertz CT molecular complexity index is 1120. The van der Waals surface area contributed by atoms with Crippen molar-refractivity contribution in [1.82, 2.24) is 19.9 Å². The molecule has 1 saturated heterocycles. The van der Waals surface area contributed by atoms with Gasteiger partial charge in [-0.05, 0) is 51.9 Å². The van der Waals surface area contributed by atoms with Gasteiger partial charge in [-0.1, -0.05) is 6.92 Å². The molecule has 0 aromatic carbocycles. The first-order chi connectivity index (χ1) is 17.9. The summed E-state index contributed by atoms with van der Waals surface area (Å²) >= 11 is 0. The Morgan fingerprint density at radius 3 is 2.55 bits per heavy atom. The zero-order valence-corrected chi connectivity index (χ0v) is 22.5. The van der Waals surface area contributed by atoms with E-state index in [2.05, 4.69) is 27.2 Å². The fourth-order valence-corrected chi connectivity index (χ4v) is 6.04. The Balaban J connectivity index is 1.64. The van der Waals surface area contributed by atoms with E-state index in [0.29, 0.717) is 42.5 Å². The third-order valence-corrected chi connectivity index (χ3v) is 7.78. The van der Waals surface area contributed by atoms with E-state index < -0.39 is 18.6 Å². The van der Waals surface area contributed by atoms with Crippen LogP contribution in [-0.2, 0) is 4.79 Å². The molecular formula is C27H38F3N5O3. The number of nitrogens with zero attached hydrogens (tertiary/aromatic N) is 4. The highest BCUT2D eigenvalue weighted by atomic mass is 19.4. The number of fused-ring (bicyclic) bond motifs is 1. The van der Waals surface area contributed by atoms with Crippen LogP contribution < -0.4 is 10.1 Å². The van der Waals surface area contributed by atoms with Crippen molar-refractivity contribution in [2.45, 2.75) is 121 Å². The lowest BCUT2D eigenvalue weighted by atomic mass is 9.83. The van der Waals surface area contributed by atoms with E-state index in [4.69, 9.17) is 4.74 Å². The molecule has 38 heavy (non-hydrogen) atoms. The predicted octanol–water partition coefficient (Wildman–Crippen LogP) is 5.35. The van der Waals surface area contributed by atoms with E-state index in [1.807, 2.05) is 11.8 Å². The van der Waals surface area contributed by atoms with Crippen LogP contribution in [0.4, 0.5) is 19.1 Å². The molecule has 2 aromatic rings. The molecular weight excluding hydrogens is 499 g/mol. The summed E-state index contributed by atoms with van der Waals surface area (Å²) in [6.45, 7) is 7.12. The molecule has 0 radical (unpaired) electrons. The minimum Gasteiger partial charge on any atom is -0.474 e. The molecule has 0 unspecified atom stereocenters. The molecule has 2 aliphatic rings. The van der Waals surface area contributed by atoms with E-state index in [9.17, 15) is 23.1 Å². The lowest BCUT2D eigenvalue weighted by Gasteiger charge is -2.43. The van der Waals surface area contributed by atoms with Crippen LogP contribution in [0.2, 0.25) is 0 Å².